The molecule has 0 saturated carbocycles. The molecule has 1 N–H and O–H groups in total. The van der Waals surface area contributed by atoms with E-state index in [0.717, 1.165) is 13.1 Å². The Bertz CT molecular complexity index is 390. The van der Waals surface area contributed by atoms with E-state index in [9.17, 15) is 0 Å². The molecular formula is C8H11N5. The highest BCUT2D eigenvalue weighted by Crippen LogP contribution is 1.84. The molecule has 0 radical (unpaired) electrons. The zero-order chi connectivity index (χ0) is 9.10. The first-order chi connectivity index (χ1) is 6.36. The highest BCUT2D eigenvalue weighted by Gasteiger charge is 2.01. The lowest BCUT2D eigenvalue weighted by atomic mass is 10.7. The first-order valence-electron chi connectivity index (χ1n) is 4.17. The maximum absolute atomic E-state index is 4.25. The van der Waals surface area contributed by atoms with Crippen molar-refractivity contribution in [1.82, 2.24) is 14.9 Å². The number of hydrogen-bond acceptors (Lipinski definition) is 4. The van der Waals surface area contributed by atoms with Crippen LogP contribution in [0.5, 0.6) is 0 Å². The average Bonchev–Trinajstić information content (AvgIpc) is 2.61. The molecule has 0 amide bonds. The van der Waals surface area contributed by atoms with E-state index in [2.05, 4.69) is 20.3 Å². The first-order valence-corrected chi connectivity index (χ1v) is 4.17. The van der Waals surface area contributed by atoms with Crippen LogP contribution < -0.4 is 10.9 Å². The van der Waals surface area contributed by atoms with Gasteiger partial charge in [0, 0.05) is 26.0 Å². The van der Waals surface area contributed by atoms with Gasteiger partial charge >= 0.3 is 0 Å². The number of aromatic nitrogens is 2. The molecule has 13 heavy (non-hydrogen) atoms. The van der Waals surface area contributed by atoms with E-state index in [1.165, 1.54) is 0 Å². The normalized spacial score (nSPS) is 17.0. The Kier molecular flexibility index (Phi) is 2.08. The van der Waals surface area contributed by atoms with Crippen molar-refractivity contribution < 1.29 is 0 Å². The third-order valence-electron chi connectivity index (χ3n) is 1.76. The van der Waals surface area contributed by atoms with Gasteiger partial charge in [0.25, 0.3) is 0 Å². The SMILES string of the molecule is Cn1cccnc1=NC1=NCCN1. The van der Waals surface area contributed by atoms with Gasteiger partial charge < -0.3 is 9.88 Å². The van der Waals surface area contributed by atoms with Crippen molar-refractivity contribution in [2.75, 3.05) is 13.1 Å². The molecule has 1 aliphatic heterocycles. The van der Waals surface area contributed by atoms with Gasteiger partial charge in [-0.1, -0.05) is 0 Å². The molecule has 0 unspecified atom stereocenters. The first kappa shape index (κ1) is 7.97. The van der Waals surface area contributed by atoms with E-state index < -0.39 is 0 Å². The fourth-order valence-corrected chi connectivity index (χ4v) is 1.10. The van der Waals surface area contributed by atoms with Crippen molar-refractivity contribution in [3.05, 3.63) is 24.1 Å². The van der Waals surface area contributed by atoms with Crippen molar-refractivity contribution in [2.24, 2.45) is 17.0 Å². The summed E-state index contributed by atoms with van der Waals surface area (Å²) < 4.78 is 1.85. The predicted molar refractivity (Wildman–Crippen MR) is 49.1 cm³/mol. The van der Waals surface area contributed by atoms with Crippen molar-refractivity contribution in [1.29, 1.82) is 0 Å². The molecule has 68 valence electrons. The predicted octanol–water partition coefficient (Wildman–Crippen LogP) is -0.720. The fourth-order valence-electron chi connectivity index (χ4n) is 1.10. The largest absolute Gasteiger partial charge is 0.353 e. The van der Waals surface area contributed by atoms with Gasteiger partial charge in [-0.2, -0.15) is 4.99 Å². The Morgan fingerprint density at radius 3 is 3.23 bits per heavy atom. The van der Waals surface area contributed by atoms with Crippen LogP contribution >= 0.6 is 0 Å². The molecule has 2 rings (SSSR count). The van der Waals surface area contributed by atoms with Crippen LogP contribution in [0.3, 0.4) is 0 Å². The van der Waals surface area contributed by atoms with E-state index in [1.54, 1.807) is 6.20 Å². The Morgan fingerprint density at radius 2 is 2.54 bits per heavy atom. The third-order valence-corrected chi connectivity index (χ3v) is 1.76. The van der Waals surface area contributed by atoms with Gasteiger partial charge in [0.05, 0.1) is 6.54 Å². The summed E-state index contributed by atoms with van der Waals surface area (Å²) in [6, 6.07) is 1.86. The summed E-state index contributed by atoms with van der Waals surface area (Å²) >= 11 is 0. The average molecular weight is 177 g/mol. The highest BCUT2D eigenvalue weighted by atomic mass is 15.2. The molecule has 1 aromatic rings. The van der Waals surface area contributed by atoms with Crippen molar-refractivity contribution in [2.45, 2.75) is 0 Å². The van der Waals surface area contributed by atoms with Crippen LogP contribution in [0.1, 0.15) is 0 Å². The summed E-state index contributed by atoms with van der Waals surface area (Å²) in [5.74, 6) is 0.675. The standard InChI is InChI=1S/C8H11N5/c1-13-6-2-3-11-8(13)12-7-9-4-5-10-7/h2-3,6H,4-5H2,1H3,(H,9,10). The second-order valence-electron chi connectivity index (χ2n) is 2.77. The lowest BCUT2D eigenvalue weighted by Crippen LogP contribution is -2.26. The van der Waals surface area contributed by atoms with Gasteiger partial charge in [-0.15, -0.1) is 0 Å². The Morgan fingerprint density at radius 1 is 1.62 bits per heavy atom. The topological polar surface area (TPSA) is 54.6 Å². The van der Waals surface area contributed by atoms with Gasteiger partial charge in [0.15, 0.2) is 0 Å². The minimum atomic E-state index is 0.663. The summed E-state index contributed by atoms with van der Waals surface area (Å²) in [5.41, 5.74) is 0.663. The zero-order valence-corrected chi connectivity index (χ0v) is 7.44. The van der Waals surface area contributed by atoms with E-state index in [0.29, 0.717) is 11.6 Å². The molecule has 0 spiro atoms. The molecule has 5 heteroatoms. The number of hydrogen-bond donors (Lipinski definition) is 1. The van der Waals surface area contributed by atoms with Gasteiger partial charge in [0.2, 0.25) is 11.6 Å². The molecule has 0 atom stereocenters. The lowest BCUT2D eigenvalue weighted by molar-refractivity contribution is 0.782. The second-order valence-corrected chi connectivity index (χ2v) is 2.77. The van der Waals surface area contributed by atoms with Crippen LogP contribution in [-0.4, -0.2) is 28.6 Å². The van der Waals surface area contributed by atoms with Crippen molar-refractivity contribution in [3.8, 4) is 0 Å². The van der Waals surface area contributed by atoms with E-state index in [-0.39, 0.29) is 0 Å². The van der Waals surface area contributed by atoms with Gasteiger partial charge in [-0.3, -0.25) is 0 Å². The van der Waals surface area contributed by atoms with Gasteiger partial charge in [0.1, 0.15) is 0 Å². The summed E-state index contributed by atoms with van der Waals surface area (Å²) in [6.07, 6.45) is 3.62. The highest BCUT2D eigenvalue weighted by molar-refractivity contribution is 5.81. The smallest absolute Gasteiger partial charge is 0.232 e. The van der Waals surface area contributed by atoms with Crippen LogP contribution in [0, 0.1) is 0 Å². The minimum Gasteiger partial charge on any atom is -0.353 e. The second kappa shape index (κ2) is 3.38. The number of aryl methyl sites for hydroxylation is 1. The quantitative estimate of drug-likeness (QED) is 0.568. The van der Waals surface area contributed by atoms with E-state index in [4.69, 9.17) is 0 Å². The molecule has 0 aliphatic carbocycles. The molecule has 1 aromatic heterocycles. The zero-order valence-electron chi connectivity index (χ0n) is 7.44. The Balaban J connectivity index is 2.39. The molecule has 0 saturated heterocycles. The summed E-state index contributed by atoms with van der Waals surface area (Å²) in [4.78, 5) is 12.5. The van der Waals surface area contributed by atoms with Crippen LogP contribution in [0.2, 0.25) is 0 Å². The molecule has 5 nitrogen and oxygen atoms in total. The summed E-state index contributed by atoms with van der Waals surface area (Å²) in [7, 11) is 1.90. The van der Waals surface area contributed by atoms with Crippen LogP contribution in [0.25, 0.3) is 0 Å². The lowest BCUT2D eigenvalue weighted by Gasteiger charge is -1.97. The maximum Gasteiger partial charge on any atom is 0.232 e. The Hall–Kier alpha value is -1.65. The fraction of sp³-hybridized carbons (Fsp3) is 0.375. The molecular weight excluding hydrogens is 166 g/mol. The number of rotatable bonds is 0. The number of nitrogens with zero attached hydrogens (tertiary/aromatic N) is 4. The molecule has 0 bridgehead atoms. The van der Waals surface area contributed by atoms with Gasteiger partial charge in [-0.25, -0.2) is 9.98 Å². The number of aliphatic imine (C=N–C) groups is 1. The third kappa shape index (κ3) is 1.74. The molecule has 1 aliphatic rings. The summed E-state index contributed by atoms with van der Waals surface area (Å²) in [5, 5.41) is 3.06. The van der Waals surface area contributed by atoms with Crippen LogP contribution in [0.4, 0.5) is 0 Å². The monoisotopic (exact) mass is 177 g/mol. The van der Waals surface area contributed by atoms with E-state index >= 15 is 0 Å². The van der Waals surface area contributed by atoms with Crippen LogP contribution in [0.15, 0.2) is 28.4 Å². The minimum absolute atomic E-state index is 0.663. The summed E-state index contributed by atoms with van der Waals surface area (Å²) in [6.45, 7) is 1.67. The van der Waals surface area contributed by atoms with Crippen molar-refractivity contribution >= 4 is 5.96 Å². The molecule has 0 fully saturated rings. The molecule has 0 aromatic carbocycles. The Labute approximate surface area is 75.9 Å². The molecule has 2 heterocycles. The van der Waals surface area contributed by atoms with Gasteiger partial charge in [-0.05, 0) is 6.07 Å². The van der Waals surface area contributed by atoms with Crippen LogP contribution in [-0.2, 0) is 7.05 Å². The maximum atomic E-state index is 4.25. The number of nitrogens with one attached hydrogen (secondary N) is 1. The number of guanidine groups is 1. The van der Waals surface area contributed by atoms with Crippen molar-refractivity contribution in [3.63, 3.8) is 0 Å². The van der Waals surface area contributed by atoms with E-state index in [1.807, 2.05) is 23.9 Å².